The topological polar surface area (TPSA) is 37.4 Å². The Labute approximate surface area is 158 Å². The molecule has 3 rings (SSSR count). The van der Waals surface area contributed by atoms with Crippen molar-refractivity contribution >= 4 is 56.6 Å². The molecule has 0 spiro atoms. The van der Waals surface area contributed by atoms with E-state index in [0.717, 1.165) is 10.0 Å². The van der Waals surface area contributed by atoms with E-state index in [1.54, 1.807) is 18.2 Å². The lowest BCUT2D eigenvalue weighted by atomic mass is 9.86. The maximum Gasteiger partial charge on any atom is 0.242 e. The van der Waals surface area contributed by atoms with Crippen LogP contribution in [-0.4, -0.2) is 11.8 Å². The Morgan fingerprint density at radius 3 is 2.12 bits per heavy atom. The molecule has 2 amide bonds. The molecular formula is C18H14BrCl2NO2. The summed E-state index contributed by atoms with van der Waals surface area (Å²) in [6.45, 7) is 1.91. The molecule has 124 valence electrons. The number of anilines is 1. The smallest absolute Gasteiger partial charge is 0.242 e. The van der Waals surface area contributed by atoms with Crippen LogP contribution in [0.3, 0.4) is 0 Å². The number of hydrogen-bond donors (Lipinski definition) is 0. The summed E-state index contributed by atoms with van der Waals surface area (Å²) in [6, 6.07) is 12.2. The van der Waals surface area contributed by atoms with Gasteiger partial charge in [0.25, 0.3) is 0 Å². The fourth-order valence-electron chi connectivity index (χ4n) is 3.11. The lowest BCUT2D eigenvalue weighted by Gasteiger charge is -2.16. The second-order valence-corrected chi connectivity index (χ2v) is 7.47. The van der Waals surface area contributed by atoms with E-state index in [2.05, 4.69) is 15.9 Å². The summed E-state index contributed by atoms with van der Waals surface area (Å²) in [5, 5.41) is 0.775. The van der Waals surface area contributed by atoms with Gasteiger partial charge in [-0.1, -0.05) is 58.2 Å². The quantitative estimate of drug-likeness (QED) is 0.612. The van der Waals surface area contributed by atoms with Crippen LogP contribution >= 0.6 is 39.1 Å². The van der Waals surface area contributed by atoms with Crippen molar-refractivity contribution in [3.63, 3.8) is 0 Å². The zero-order valence-electron chi connectivity index (χ0n) is 12.8. The number of amides is 2. The molecule has 0 saturated carbocycles. The van der Waals surface area contributed by atoms with Gasteiger partial charge in [0.1, 0.15) is 0 Å². The number of carbonyl (C=O) groups is 2. The highest BCUT2D eigenvalue weighted by Gasteiger charge is 2.48. The highest BCUT2D eigenvalue weighted by molar-refractivity contribution is 9.10. The Hall–Kier alpha value is -1.36. The largest absolute Gasteiger partial charge is 0.274 e. The first-order chi connectivity index (χ1) is 11.4. The molecule has 2 atom stereocenters. The standard InChI is InChI=1S/C18H14BrCl2NO2/c1-2-15-16(10-3-5-11(19)6-4-10)18(24)22(17(15)23)14-8-12(20)7-13(21)9-14/h3-9,15-16H,2H2,1H3/t15?,16-/m0/s1. The Balaban J connectivity index is 2.05. The molecule has 0 aliphatic carbocycles. The third-order valence-corrected chi connectivity index (χ3v) is 5.17. The van der Waals surface area contributed by atoms with Crippen LogP contribution in [0.15, 0.2) is 46.9 Å². The molecule has 0 N–H and O–H groups in total. The molecule has 24 heavy (non-hydrogen) atoms. The summed E-state index contributed by atoms with van der Waals surface area (Å²) in [7, 11) is 0. The molecule has 2 aromatic rings. The first-order valence-corrected chi connectivity index (χ1v) is 9.06. The first-order valence-electron chi connectivity index (χ1n) is 7.51. The number of benzene rings is 2. The van der Waals surface area contributed by atoms with E-state index in [1.807, 2.05) is 31.2 Å². The van der Waals surface area contributed by atoms with Gasteiger partial charge < -0.3 is 0 Å². The van der Waals surface area contributed by atoms with Crippen LogP contribution in [0.25, 0.3) is 0 Å². The van der Waals surface area contributed by atoms with E-state index in [0.29, 0.717) is 22.2 Å². The van der Waals surface area contributed by atoms with E-state index in [9.17, 15) is 9.59 Å². The lowest BCUT2D eigenvalue weighted by Crippen LogP contribution is -2.30. The monoisotopic (exact) mass is 425 g/mol. The number of rotatable bonds is 3. The molecule has 2 aromatic carbocycles. The minimum Gasteiger partial charge on any atom is -0.274 e. The van der Waals surface area contributed by atoms with Crippen LogP contribution in [0.5, 0.6) is 0 Å². The molecule has 0 aromatic heterocycles. The van der Waals surface area contributed by atoms with E-state index in [1.165, 1.54) is 4.90 Å². The average Bonchev–Trinajstić information content (AvgIpc) is 2.77. The summed E-state index contributed by atoms with van der Waals surface area (Å²) in [6.07, 6.45) is 0.579. The predicted octanol–water partition coefficient (Wildman–Crippen LogP) is 5.44. The van der Waals surface area contributed by atoms with Crippen molar-refractivity contribution in [2.24, 2.45) is 5.92 Å². The van der Waals surface area contributed by atoms with Crippen molar-refractivity contribution in [3.8, 4) is 0 Å². The zero-order chi connectivity index (χ0) is 17.4. The van der Waals surface area contributed by atoms with Gasteiger partial charge in [-0.15, -0.1) is 0 Å². The normalized spacial score (nSPS) is 20.8. The van der Waals surface area contributed by atoms with Gasteiger partial charge in [-0.05, 0) is 42.3 Å². The van der Waals surface area contributed by atoms with Crippen molar-refractivity contribution in [1.29, 1.82) is 0 Å². The second-order valence-electron chi connectivity index (χ2n) is 5.68. The molecule has 1 saturated heterocycles. The van der Waals surface area contributed by atoms with Crippen molar-refractivity contribution in [2.75, 3.05) is 4.90 Å². The van der Waals surface area contributed by atoms with Crippen molar-refractivity contribution in [2.45, 2.75) is 19.3 Å². The molecule has 0 bridgehead atoms. The van der Waals surface area contributed by atoms with Gasteiger partial charge in [0.15, 0.2) is 0 Å². The lowest BCUT2D eigenvalue weighted by molar-refractivity contribution is -0.122. The van der Waals surface area contributed by atoms with Crippen molar-refractivity contribution < 1.29 is 9.59 Å². The minimum atomic E-state index is -0.492. The van der Waals surface area contributed by atoms with Gasteiger partial charge in [-0.25, -0.2) is 4.90 Å². The van der Waals surface area contributed by atoms with Crippen molar-refractivity contribution in [3.05, 3.63) is 62.5 Å². The number of halogens is 3. The zero-order valence-corrected chi connectivity index (χ0v) is 15.9. The number of imide groups is 1. The third-order valence-electron chi connectivity index (χ3n) is 4.20. The summed E-state index contributed by atoms with van der Waals surface area (Å²) in [4.78, 5) is 27.0. The van der Waals surface area contributed by atoms with E-state index < -0.39 is 11.8 Å². The van der Waals surface area contributed by atoms with Gasteiger partial charge in [0.05, 0.1) is 17.5 Å². The van der Waals surface area contributed by atoms with Crippen LogP contribution in [0.1, 0.15) is 24.8 Å². The van der Waals surface area contributed by atoms with Gasteiger partial charge in [-0.3, -0.25) is 9.59 Å². The van der Waals surface area contributed by atoms with Gasteiger partial charge in [-0.2, -0.15) is 0 Å². The Kier molecular flexibility index (Phi) is 5.00. The van der Waals surface area contributed by atoms with Gasteiger partial charge in [0, 0.05) is 14.5 Å². The SMILES string of the molecule is CCC1C(=O)N(c2cc(Cl)cc(Cl)c2)C(=O)[C@H]1c1ccc(Br)cc1. The molecule has 1 aliphatic rings. The Morgan fingerprint density at radius 1 is 1.00 bits per heavy atom. The maximum absolute atomic E-state index is 13.0. The van der Waals surface area contributed by atoms with Gasteiger partial charge in [0.2, 0.25) is 11.8 Å². The van der Waals surface area contributed by atoms with Crippen LogP contribution in [0, 0.1) is 5.92 Å². The molecule has 1 unspecified atom stereocenters. The predicted molar refractivity (Wildman–Crippen MR) is 99.6 cm³/mol. The van der Waals surface area contributed by atoms with Crippen LogP contribution in [-0.2, 0) is 9.59 Å². The van der Waals surface area contributed by atoms with E-state index in [-0.39, 0.29) is 11.8 Å². The van der Waals surface area contributed by atoms with Gasteiger partial charge >= 0.3 is 0 Å². The molecule has 0 radical (unpaired) electrons. The molecular weight excluding hydrogens is 413 g/mol. The fourth-order valence-corrected chi connectivity index (χ4v) is 3.89. The Morgan fingerprint density at radius 2 is 1.58 bits per heavy atom. The molecule has 1 heterocycles. The average molecular weight is 427 g/mol. The van der Waals surface area contributed by atoms with Crippen LogP contribution in [0.4, 0.5) is 5.69 Å². The van der Waals surface area contributed by atoms with Crippen LogP contribution < -0.4 is 4.90 Å². The molecule has 1 fully saturated rings. The highest BCUT2D eigenvalue weighted by Crippen LogP contribution is 2.40. The summed E-state index contributed by atoms with van der Waals surface area (Å²) < 4.78 is 0.926. The summed E-state index contributed by atoms with van der Waals surface area (Å²) >= 11 is 15.4. The summed E-state index contributed by atoms with van der Waals surface area (Å²) in [5.74, 6) is -1.34. The van der Waals surface area contributed by atoms with E-state index in [4.69, 9.17) is 23.2 Å². The third kappa shape index (κ3) is 3.10. The number of carbonyl (C=O) groups excluding carboxylic acids is 2. The second kappa shape index (κ2) is 6.87. The first kappa shape index (κ1) is 17.5. The maximum atomic E-state index is 13.0. The Bertz CT molecular complexity index is 787. The molecule has 6 heteroatoms. The van der Waals surface area contributed by atoms with E-state index >= 15 is 0 Å². The fraction of sp³-hybridized carbons (Fsp3) is 0.222. The number of hydrogen-bond acceptors (Lipinski definition) is 2. The highest BCUT2D eigenvalue weighted by atomic mass is 79.9. The molecule has 3 nitrogen and oxygen atoms in total. The van der Waals surface area contributed by atoms with Crippen molar-refractivity contribution in [1.82, 2.24) is 0 Å². The van der Waals surface area contributed by atoms with Crippen LogP contribution in [0.2, 0.25) is 10.0 Å². The number of nitrogens with zero attached hydrogens (tertiary/aromatic N) is 1. The summed E-state index contributed by atoms with van der Waals surface area (Å²) in [5.41, 5.74) is 1.25. The minimum absolute atomic E-state index is 0.214. The molecule has 1 aliphatic heterocycles.